The third kappa shape index (κ3) is 2.59. The molecule has 0 saturated heterocycles. The van der Waals surface area contributed by atoms with Gasteiger partial charge in [0.15, 0.2) is 0 Å². The molecule has 0 radical (unpaired) electrons. The summed E-state index contributed by atoms with van der Waals surface area (Å²) in [6.45, 7) is 0. The zero-order chi connectivity index (χ0) is 12.4. The normalized spacial score (nSPS) is 15.4. The van der Waals surface area contributed by atoms with Crippen molar-refractivity contribution in [3.63, 3.8) is 0 Å². The van der Waals surface area contributed by atoms with E-state index in [0.717, 1.165) is 10.9 Å². The van der Waals surface area contributed by atoms with E-state index in [0.29, 0.717) is 0 Å². The predicted octanol–water partition coefficient (Wildman–Crippen LogP) is 5.35. The van der Waals surface area contributed by atoms with E-state index in [1.807, 2.05) is 12.1 Å². The van der Waals surface area contributed by atoms with Crippen LogP contribution in [0.2, 0.25) is 5.02 Å². The highest BCUT2D eigenvalue weighted by Gasteiger charge is 2.17. The van der Waals surface area contributed by atoms with Crippen LogP contribution in [0.5, 0.6) is 0 Å². The van der Waals surface area contributed by atoms with Crippen LogP contribution in [0.4, 0.5) is 0 Å². The minimum atomic E-state index is 0.796. The molecule has 1 saturated carbocycles. The van der Waals surface area contributed by atoms with Gasteiger partial charge in [0.25, 0.3) is 0 Å². The van der Waals surface area contributed by atoms with Crippen molar-refractivity contribution in [3.8, 4) is 11.1 Å². The van der Waals surface area contributed by atoms with E-state index in [9.17, 15) is 0 Å². The predicted molar refractivity (Wildman–Crippen MR) is 77.9 cm³/mol. The summed E-state index contributed by atoms with van der Waals surface area (Å²) in [7, 11) is 0. The summed E-state index contributed by atoms with van der Waals surface area (Å²) in [5.41, 5.74) is 4.01. The Kier molecular flexibility index (Phi) is 3.38. The second kappa shape index (κ2) is 5.16. The number of halogens is 1. The number of hydrogen-bond donors (Lipinski definition) is 0. The lowest BCUT2D eigenvalue weighted by molar-refractivity contribution is 0.314. The van der Waals surface area contributed by atoms with Crippen molar-refractivity contribution in [2.45, 2.75) is 25.7 Å². The highest BCUT2D eigenvalue weighted by molar-refractivity contribution is 6.30. The van der Waals surface area contributed by atoms with Crippen molar-refractivity contribution in [2.24, 2.45) is 5.92 Å². The Morgan fingerprint density at radius 1 is 0.944 bits per heavy atom. The lowest BCUT2D eigenvalue weighted by Gasteiger charge is -2.25. The van der Waals surface area contributed by atoms with Crippen molar-refractivity contribution in [3.05, 3.63) is 59.1 Å². The summed E-state index contributed by atoms with van der Waals surface area (Å²) in [6, 6.07) is 17.0. The average Bonchev–Trinajstić information content (AvgIpc) is 2.35. The summed E-state index contributed by atoms with van der Waals surface area (Å²) in [6.07, 6.45) is 5.47. The molecule has 1 heteroatoms. The highest BCUT2D eigenvalue weighted by atomic mass is 35.5. The molecule has 0 amide bonds. The van der Waals surface area contributed by atoms with E-state index in [-0.39, 0.29) is 0 Å². The van der Waals surface area contributed by atoms with Gasteiger partial charge in [-0.25, -0.2) is 0 Å². The van der Waals surface area contributed by atoms with Crippen LogP contribution in [0.1, 0.15) is 24.8 Å². The van der Waals surface area contributed by atoms with Crippen molar-refractivity contribution in [1.29, 1.82) is 0 Å². The van der Waals surface area contributed by atoms with Crippen molar-refractivity contribution < 1.29 is 0 Å². The molecule has 0 spiro atoms. The fourth-order valence-corrected chi connectivity index (χ4v) is 2.68. The smallest absolute Gasteiger partial charge is 0.0406 e. The van der Waals surface area contributed by atoms with Gasteiger partial charge in [-0.3, -0.25) is 0 Å². The van der Waals surface area contributed by atoms with Gasteiger partial charge in [0.05, 0.1) is 0 Å². The van der Waals surface area contributed by atoms with E-state index in [4.69, 9.17) is 11.6 Å². The molecule has 0 nitrogen and oxygen atoms in total. The number of hydrogen-bond acceptors (Lipinski definition) is 0. The van der Waals surface area contributed by atoms with Gasteiger partial charge in [-0.15, -0.1) is 0 Å². The van der Waals surface area contributed by atoms with Gasteiger partial charge in [-0.05, 0) is 41.2 Å². The molecule has 0 heterocycles. The van der Waals surface area contributed by atoms with Gasteiger partial charge in [-0.1, -0.05) is 67.3 Å². The SMILES string of the molecule is Clc1ccc(-c2cccc(CC3CCC3)c2)cc1. The molecule has 1 aliphatic rings. The van der Waals surface area contributed by atoms with E-state index < -0.39 is 0 Å². The van der Waals surface area contributed by atoms with Crippen molar-refractivity contribution in [1.82, 2.24) is 0 Å². The van der Waals surface area contributed by atoms with E-state index in [2.05, 4.69) is 36.4 Å². The molecule has 0 unspecified atom stereocenters. The Labute approximate surface area is 114 Å². The maximum atomic E-state index is 5.93. The summed E-state index contributed by atoms with van der Waals surface area (Å²) >= 11 is 5.93. The first kappa shape index (κ1) is 11.8. The van der Waals surface area contributed by atoms with E-state index in [1.165, 1.54) is 42.4 Å². The lowest BCUT2D eigenvalue weighted by atomic mass is 9.80. The summed E-state index contributed by atoms with van der Waals surface area (Å²) in [4.78, 5) is 0. The molecule has 0 aromatic heterocycles. The third-order valence-corrected chi connectivity index (χ3v) is 4.11. The van der Waals surface area contributed by atoms with Crippen LogP contribution in [-0.2, 0) is 6.42 Å². The largest absolute Gasteiger partial charge is 0.0843 e. The molecule has 0 atom stereocenters. The molecule has 2 aromatic rings. The monoisotopic (exact) mass is 256 g/mol. The van der Waals surface area contributed by atoms with Crippen LogP contribution in [0.25, 0.3) is 11.1 Å². The third-order valence-electron chi connectivity index (χ3n) is 3.85. The molecule has 1 aliphatic carbocycles. The van der Waals surface area contributed by atoms with E-state index in [1.54, 1.807) is 0 Å². The number of benzene rings is 2. The fraction of sp³-hybridized carbons (Fsp3) is 0.294. The summed E-state index contributed by atoms with van der Waals surface area (Å²) < 4.78 is 0. The van der Waals surface area contributed by atoms with Gasteiger partial charge >= 0.3 is 0 Å². The molecule has 0 N–H and O–H groups in total. The second-order valence-corrected chi connectivity index (χ2v) is 5.64. The Hall–Kier alpha value is -1.27. The van der Waals surface area contributed by atoms with Crippen molar-refractivity contribution in [2.75, 3.05) is 0 Å². The summed E-state index contributed by atoms with van der Waals surface area (Å²) in [5, 5.41) is 0.796. The lowest BCUT2D eigenvalue weighted by Crippen LogP contribution is -2.13. The Bertz CT molecular complexity index is 524. The molecule has 0 aliphatic heterocycles. The van der Waals surface area contributed by atoms with Crippen molar-refractivity contribution >= 4 is 11.6 Å². The minimum Gasteiger partial charge on any atom is -0.0843 e. The van der Waals surface area contributed by atoms with Crippen LogP contribution in [0.3, 0.4) is 0 Å². The summed E-state index contributed by atoms with van der Waals surface area (Å²) in [5.74, 6) is 0.922. The standard InChI is InChI=1S/C17H17Cl/c18-17-9-7-15(8-10-17)16-6-2-5-14(12-16)11-13-3-1-4-13/h2,5-10,12-13H,1,3-4,11H2. The minimum absolute atomic E-state index is 0.796. The van der Waals surface area contributed by atoms with Crippen LogP contribution < -0.4 is 0 Å². The Balaban J connectivity index is 1.83. The highest BCUT2D eigenvalue weighted by Crippen LogP contribution is 2.31. The molecule has 18 heavy (non-hydrogen) atoms. The van der Waals surface area contributed by atoms with Crippen LogP contribution >= 0.6 is 11.6 Å². The zero-order valence-electron chi connectivity index (χ0n) is 10.4. The number of rotatable bonds is 3. The van der Waals surface area contributed by atoms with Crippen LogP contribution in [0.15, 0.2) is 48.5 Å². The maximum absolute atomic E-state index is 5.93. The van der Waals surface area contributed by atoms with Gasteiger partial charge in [0.1, 0.15) is 0 Å². The van der Waals surface area contributed by atoms with E-state index >= 15 is 0 Å². The Morgan fingerprint density at radius 3 is 2.39 bits per heavy atom. The topological polar surface area (TPSA) is 0 Å². The van der Waals surface area contributed by atoms with Gasteiger partial charge in [0, 0.05) is 5.02 Å². The van der Waals surface area contributed by atoms with Crippen LogP contribution in [-0.4, -0.2) is 0 Å². The average molecular weight is 257 g/mol. The quantitative estimate of drug-likeness (QED) is 0.694. The van der Waals surface area contributed by atoms with Gasteiger partial charge in [0.2, 0.25) is 0 Å². The first-order valence-corrected chi connectivity index (χ1v) is 7.04. The Morgan fingerprint density at radius 2 is 1.72 bits per heavy atom. The molecule has 0 bridgehead atoms. The molecular formula is C17H17Cl. The zero-order valence-corrected chi connectivity index (χ0v) is 11.2. The molecule has 1 fully saturated rings. The van der Waals surface area contributed by atoms with Crippen LogP contribution in [0, 0.1) is 5.92 Å². The molecular weight excluding hydrogens is 240 g/mol. The first-order valence-electron chi connectivity index (χ1n) is 6.66. The fourth-order valence-electron chi connectivity index (χ4n) is 2.55. The first-order chi connectivity index (χ1) is 8.81. The second-order valence-electron chi connectivity index (χ2n) is 5.21. The molecule has 3 rings (SSSR count). The maximum Gasteiger partial charge on any atom is 0.0406 e. The molecule has 92 valence electrons. The van der Waals surface area contributed by atoms with Gasteiger partial charge in [-0.2, -0.15) is 0 Å². The molecule has 2 aromatic carbocycles. The van der Waals surface area contributed by atoms with Gasteiger partial charge < -0.3 is 0 Å².